The summed E-state index contributed by atoms with van der Waals surface area (Å²) in [5, 5.41) is 0. The molecule has 0 aromatic carbocycles. The van der Waals surface area contributed by atoms with Crippen LogP contribution >= 0.6 is 0 Å². The molecule has 3 heterocycles. The van der Waals surface area contributed by atoms with E-state index in [0.717, 1.165) is 38.5 Å². The zero-order chi connectivity index (χ0) is 25.8. The summed E-state index contributed by atoms with van der Waals surface area (Å²) >= 11 is 0. The predicted octanol–water partition coefficient (Wildman–Crippen LogP) is 2.56. The largest absolute Gasteiger partial charge is 0.463 e. The fourth-order valence-electron chi connectivity index (χ4n) is 5.10. The third kappa shape index (κ3) is 5.58. The summed E-state index contributed by atoms with van der Waals surface area (Å²) in [5.74, 6) is -0.657. The second-order valence-corrected chi connectivity index (χ2v) is 9.33. The first-order valence-corrected chi connectivity index (χ1v) is 12.4. The molecule has 2 fully saturated rings. The number of nitrogens with zero attached hydrogens (tertiary/aromatic N) is 4. The lowest BCUT2D eigenvalue weighted by atomic mass is 9.90. The number of imidazole rings is 1. The molecule has 0 bridgehead atoms. The minimum Gasteiger partial charge on any atom is -0.463 e. The average molecular weight is 504 g/mol. The molecular formula is C24H33N5O7. The van der Waals surface area contributed by atoms with Crippen LogP contribution in [0.1, 0.15) is 83.7 Å². The Morgan fingerprint density at radius 3 is 2.25 bits per heavy atom. The Hall–Kier alpha value is -3.28. The van der Waals surface area contributed by atoms with Crippen molar-refractivity contribution < 1.29 is 33.3 Å². The fraction of sp³-hybridized carbons (Fsp3) is 0.667. The van der Waals surface area contributed by atoms with Crippen molar-refractivity contribution >= 4 is 34.9 Å². The third-order valence-electron chi connectivity index (χ3n) is 6.60. The van der Waals surface area contributed by atoms with Gasteiger partial charge in [-0.2, -0.15) is 0 Å². The van der Waals surface area contributed by atoms with Crippen LogP contribution in [0.25, 0.3) is 11.2 Å². The van der Waals surface area contributed by atoms with Crippen molar-refractivity contribution in [3.8, 4) is 0 Å². The second-order valence-electron chi connectivity index (χ2n) is 9.33. The normalized spacial score (nSPS) is 25.2. The van der Waals surface area contributed by atoms with Gasteiger partial charge >= 0.3 is 17.9 Å². The number of hydrogen-bond donors (Lipinski definition) is 1. The predicted molar refractivity (Wildman–Crippen MR) is 126 cm³/mol. The quantitative estimate of drug-likeness (QED) is 0.456. The van der Waals surface area contributed by atoms with Gasteiger partial charge in [-0.15, -0.1) is 0 Å². The van der Waals surface area contributed by atoms with Crippen molar-refractivity contribution in [2.24, 2.45) is 0 Å². The van der Waals surface area contributed by atoms with Crippen LogP contribution in [0, 0.1) is 0 Å². The number of ether oxygens (including phenoxy) is 4. The summed E-state index contributed by atoms with van der Waals surface area (Å²) in [7, 11) is 0. The molecule has 1 saturated heterocycles. The van der Waals surface area contributed by atoms with Gasteiger partial charge in [0.1, 0.15) is 24.9 Å². The van der Waals surface area contributed by atoms with Crippen LogP contribution in [0.3, 0.4) is 0 Å². The molecule has 1 aliphatic carbocycles. The van der Waals surface area contributed by atoms with E-state index in [1.54, 1.807) is 4.57 Å². The third-order valence-corrected chi connectivity index (χ3v) is 6.60. The monoisotopic (exact) mass is 503 g/mol. The van der Waals surface area contributed by atoms with Gasteiger partial charge in [0.05, 0.1) is 0 Å². The van der Waals surface area contributed by atoms with Crippen molar-refractivity contribution in [3.05, 3.63) is 12.2 Å². The van der Waals surface area contributed by atoms with Gasteiger partial charge in [0.2, 0.25) is 0 Å². The lowest BCUT2D eigenvalue weighted by molar-refractivity contribution is -0.166. The van der Waals surface area contributed by atoms with Crippen molar-refractivity contribution in [1.82, 2.24) is 19.5 Å². The maximum atomic E-state index is 12.1. The number of aromatic nitrogens is 4. The van der Waals surface area contributed by atoms with Gasteiger partial charge in [0, 0.05) is 26.7 Å². The molecule has 2 aromatic heterocycles. The molecule has 12 nitrogen and oxygen atoms in total. The zero-order valence-electron chi connectivity index (χ0n) is 20.8. The molecule has 12 heteroatoms. The van der Waals surface area contributed by atoms with Crippen molar-refractivity contribution in [2.45, 2.75) is 96.2 Å². The Kier molecular flexibility index (Phi) is 8.02. The molecule has 0 unspecified atom stereocenters. The molecule has 196 valence electrons. The molecule has 1 aliphatic heterocycles. The van der Waals surface area contributed by atoms with E-state index in [2.05, 4.69) is 9.97 Å². The van der Waals surface area contributed by atoms with Crippen LogP contribution in [0.2, 0.25) is 0 Å². The summed E-state index contributed by atoms with van der Waals surface area (Å²) in [6.45, 7) is 3.60. The van der Waals surface area contributed by atoms with Crippen LogP contribution < -0.4 is 5.73 Å². The first kappa shape index (κ1) is 25.8. The van der Waals surface area contributed by atoms with E-state index in [0.29, 0.717) is 17.0 Å². The van der Waals surface area contributed by atoms with Gasteiger partial charge in [-0.25, -0.2) is 15.0 Å². The molecule has 1 saturated carbocycles. The molecule has 2 N–H and O–H groups in total. The topological polar surface area (TPSA) is 158 Å². The maximum absolute atomic E-state index is 12.1. The van der Waals surface area contributed by atoms with Crippen molar-refractivity contribution in [2.75, 3.05) is 12.3 Å². The van der Waals surface area contributed by atoms with E-state index in [9.17, 15) is 14.4 Å². The van der Waals surface area contributed by atoms with Gasteiger partial charge in [-0.3, -0.25) is 19.0 Å². The van der Waals surface area contributed by atoms with E-state index < -0.39 is 42.4 Å². The van der Waals surface area contributed by atoms with E-state index >= 15 is 0 Å². The summed E-state index contributed by atoms with van der Waals surface area (Å²) < 4.78 is 24.5. The molecule has 4 rings (SSSR count). The van der Waals surface area contributed by atoms with Gasteiger partial charge in [0.25, 0.3) is 0 Å². The number of rotatable bonds is 6. The van der Waals surface area contributed by atoms with E-state index in [1.807, 2.05) is 0 Å². The van der Waals surface area contributed by atoms with E-state index in [-0.39, 0.29) is 18.3 Å². The summed E-state index contributed by atoms with van der Waals surface area (Å²) in [4.78, 5) is 49.0. The Morgan fingerprint density at radius 2 is 1.61 bits per heavy atom. The van der Waals surface area contributed by atoms with Crippen LogP contribution in [0.5, 0.6) is 0 Å². The smallest absolute Gasteiger partial charge is 0.303 e. The highest BCUT2D eigenvalue weighted by Gasteiger charge is 2.52. The second kappa shape index (κ2) is 11.2. The molecule has 0 spiro atoms. The standard InChI is InChI=1S/C24H33N5O7/c1-13(30)33-11-17-19(34-14(2)31)20(35-15(3)32)24(36-17)29-22(16-9-7-5-4-6-8-10-16)28-18-21(25)26-12-27-23(18)29/h12,16-17,19-20,24H,4-11H2,1-3H3,(H2,25,26,27)/t17-,19-,20-,24-/m1/s1. The van der Waals surface area contributed by atoms with Crippen molar-refractivity contribution in [1.29, 1.82) is 0 Å². The molecule has 36 heavy (non-hydrogen) atoms. The van der Waals surface area contributed by atoms with Crippen LogP contribution in [0.4, 0.5) is 5.82 Å². The number of nitrogens with two attached hydrogens (primary N) is 1. The molecule has 2 aliphatic rings. The lowest BCUT2D eigenvalue weighted by Gasteiger charge is -2.27. The van der Waals surface area contributed by atoms with Crippen LogP contribution in [0.15, 0.2) is 6.33 Å². The van der Waals surface area contributed by atoms with Crippen LogP contribution in [-0.2, 0) is 33.3 Å². The van der Waals surface area contributed by atoms with E-state index in [4.69, 9.17) is 29.7 Å². The first-order valence-electron chi connectivity index (χ1n) is 12.4. The fourth-order valence-corrected chi connectivity index (χ4v) is 5.10. The molecule has 4 atom stereocenters. The number of anilines is 1. The zero-order valence-corrected chi connectivity index (χ0v) is 20.8. The van der Waals surface area contributed by atoms with E-state index in [1.165, 1.54) is 33.5 Å². The summed E-state index contributed by atoms with van der Waals surface area (Å²) in [5.41, 5.74) is 7.01. The van der Waals surface area contributed by atoms with Gasteiger partial charge < -0.3 is 24.7 Å². The van der Waals surface area contributed by atoms with Gasteiger partial charge in [-0.05, 0) is 12.8 Å². The number of fused-ring (bicyclic) bond motifs is 1. The maximum Gasteiger partial charge on any atom is 0.303 e. The molecular weight excluding hydrogens is 470 g/mol. The average Bonchev–Trinajstić information content (AvgIpc) is 3.31. The molecule has 0 radical (unpaired) electrons. The van der Waals surface area contributed by atoms with Gasteiger partial charge in [-0.1, -0.05) is 32.1 Å². The molecule has 2 aromatic rings. The Balaban J connectivity index is 1.83. The number of hydrogen-bond acceptors (Lipinski definition) is 11. The highest BCUT2D eigenvalue weighted by atomic mass is 16.7. The highest BCUT2D eigenvalue weighted by molar-refractivity contribution is 5.82. The molecule has 0 amide bonds. The minimum absolute atomic E-state index is 0.0974. The number of carbonyl (C=O) groups is 3. The summed E-state index contributed by atoms with van der Waals surface area (Å²) in [6.07, 6.45) is 4.92. The van der Waals surface area contributed by atoms with Gasteiger partial charge in [0.15, 0.2) is 35.4 Å². The Morgan fingerprint density at radius 1 is 0.972 bits per heavy atom. The number of carbonyl (C=O) groups excluding carboxylic acids is 3. The SMILES string of the molecule is CC(=O)OC[C@H]1O[C@@H](n2c(C3CCCCCCC3)nc3c(N)ncnc32)[C@H](OC(C)=O)[C@@H]1OC(C)=O. The lowest BCUT2D eigenvalue weighted by Crippen LogP contribution is -2.40. The number of esters is 3. The number of nitrogen functional groups attached to an aromatic ring is 1. The first-order chi connectivity index (χ1) is 17.3. The minimum atomic E-state index is -1.03. The van der Waals surface area contributed by atoms with Crippen LogP contribution in [-0.4, -0.2) is 62.3 Å². The van der Waals surface area contributed by atoms with Crippen molar-refractivity contribution in [3.63, 3.8) is 0 Å². The highest BCUT2D eigenvalue weighted by Crippen LogP contribution is 2.41. The Bertz CT molecular complexity index is 1110. The Labute approximate surface area is 208 Å². The summed E-state index contributed by atoms with van der Waals surface area (Å²) in [6, 6.07) is 0.